The molecule has 0 saturated heterocycles. The largest absolute Gasteiger partial charge is 0.0683 e. The van der Waals surface area contributed by atoms with Gasteiger partial charge in [0.15, 0.2) is 0 Å². The summed E-state index contributed by atoms with van der Waals surface area (Å²) >= 11 is 0. The fourth-order valence-electron chi connectivity index (χ4n) is 4.46. The summed E-state index contributed by atoms with van der Waals surface area (Å²) in [6, 6.07) is 17.7. The molecule has 0 bridgehead atoms. The van der Waals surface area contributed by atoms with Crippen molar-refractivity contribution in [3.05, 3.63) is 70.8 Å². The van der Waals surface area contributed by atoms with Gasteiger partial charge in [-0.25, -0.2) is 0 Å². The lowest BCUT2D eigenvalue weighted by Crippen LogP contribution is -1.96. The molecule has 0 fully saturated rings. The maximum atomic E-state index is 2.38. The molecule has 0 heterocycles. The molecule has 2 rings (SSSR count). The molecule has 1 unspecified atom stereocenters. The van der Waals surface area contributed by atoms with E-state index in [-0.39, 0.29) is 0 Å². The maximum Gasteiger partial charge on any atom is -0.0224 e. The van der Waals surface area contributed by atoms with E-state index in [1.165, 1.54) is 85.6 Å². The van der Waals surface area contributed by atoms with Crippen molar-refractivity contribution in [3.63, 3.8) is 0 Å². The van der Waals surface area contributed by atoms with Crippen LogP contribution in [0.2, 0.25) is 0 Å². The minimum absolute atomic E-state index is 0.862. The molecule has 0 aliphatic carbocycles. The zero-order valence-electron chi connectivity index (χ0n) is 26.2. The first-order chi connectivity index (χ1) is 17.4. The van der Waals surface area contributed by atoms with Crippen LogP contribution >= 0.6 is 0 Å². The third kappa shape index (κ3) is 17.6. The van der Waals surface area contributed by atoms with Crippen molar-refractivity contribution in [1.29, 1.82) is 0 Å². The van der Waals surface area contributed by atoms with Crippen LogP contribution in [0.5, 0.6) is 0 Å². The van der Waals surface area contributed by atoms with E-state index in [9.17, 15) is 0 Å². The third-order valence-corrected chi connectivity index (χ3v) is 6.45. The molecule has 0 nitrogen and oxygen atoms in total. The molecular weight excluding hydrogens is 432 g/mol. The fraction of sp³-hybridized carbons (Fsp3) is 0.611. The summed E-state index contributed by atoms with van der Waals surface area (Å²) in [5.41, 5.74) is 6.79. The number of hydrogen-bond donors (Lipinski definition) is 0. The van der Waals surface area contributed by atoms with Crippen LogP contribution in [0.25, 0.3) is 11.6 Å². The van der Waals surface area contributed by atoms with E-state index >= 15 is 0 Å². The molecule has 2 aromatic carbocycles. The van der Waals surface area contributed by atoms with Crippen LogP contribution in [0.1, 0.15) is 143 Å². The predicted molar refractivity (Wildman–Crippen MR) is 170 cm³/mol. The third-order valence-electron chi connectivity index (χ3n) is 6.45. The molecule has 36 heavy (non-hydrogen) atoms. The highest BCUT2D eigenvalue weighted by Gasteiger charge is 2.03. The van der Waals surface area contributed by atoms with Crippen molar-refractivity contribution in [2.45, 2.75) is 134 Å². The van der Waals surface area contributed by atoms with Crippen LogP contribution in [-0.2, 0) is 6.42 Å². The first-order valence-corrected chi connectivity index (χ1v) is 15.2. The molecule has 0 amide bonds. The Hall–Kier alpha value is -1.82. The molecular formula is C36H62. The molecule has 206 valence electrons. The molecule has 0 aliphatic rings. The van der Waals surface area contributed by atoms with Crippen LogP contribution in [0, 0.1) is 18.8 Å². The van der Waals surface area contributed by atoms with E-state index in [2.05, 4.69) is 103 Å². The number of benzene rings is 2. The number of hydrogen-bond acceptors (Lipinski definition) is 0. The van der Waals surface area contributed by atoms with Gasteiger partial charge in [-0.2, -0.15) is 0 Å². The Morgan fingerprint density at radius 1 is 0.722 bits per heavy atom. The predicted octanol–water partition coefficient (Wildman–Crippen LogP) is 12.6. The second-order valence-electron chi connectivity index (χ2n) is 9.85. The molecule has 0 heteroatoms. The van der Waals surface area contributed by atoms with Crippen molar-refractivity contribution in [2.75, 3.05) is 0 Å². The van der Waals surface area contributed by atoms with Gasteiger partial charge in [-0.3, -0.25) is 0 Å². The number of rotatable bonds is 12. The summed E-state index contributed by atoms with van der Waals surface area (Å²) in [4.78, 5) is 0. The van der Waals surface area contributed by atoms with E-state index in [1.54, 1.807) is 0 Å². The zero-order valence-corrected chi connectivity index (χ0v) is 26.2. The summed E-state index contributed by atoms with van der Waals surface area (Å²) in [7, 11) is 0. The van der Waals surface area contributed by atoms with E-state index < -0.39 is 0 Å². The van der Waals surface area contributed by atoms with Gasteiger partial charge in [0.05, 0.1) is 0 Å². The Morgan fingerprint density at radius 2 is 1.25 bits per heavy atom. The zero-order chi connectivity index (χ0) is 27.8. The molecule has 0 saturated carbocycles. The summed E-state index contributed by atoms with van der Waals surface area (Å²) in [6.45, 7) is 23.9. The Bertz CT molecular complexity index is 761. The van der Waals surface area contributed by atoms with Gasteiger partial charge in [0.25, 0.3) is 0 Å². The van der Waals surface area contributed by atoms with Crippen molar-refractivity contribution in [3.8, 4) is 0 Å². The van der Waals surface area contributed by atoms with Crippen molar-refractivity contribution in [2.24, 2.45) is 11.8 Å². The number of allylic oxidation sites excluding steroid dienone is 1. The van der Waals surface area contributed by atoms with Gasteiger partial charge in [-0.1, -0.05) is 162 Å². The first kappa shape index (κ1) is 36.3. The summed E-state index contributed by atoms with van der Waals surface area (Å²) in [5.74, 6) is 1.82. The van der Waals surface area contributed by atoms with E-state index in [0.717, 1.165) is 11.8 Å². The standard InChI is InChI=1S/C24H32.C8H18.2C2H6/c1-5-10-19(2)11-8-13-22-14-9-16-24(18-22)21(4)17-23-15-7-6-12-20(23)3;1-4-6-8(3)7-5-2;2*1-2/h6-7,9,12,14-19H,5,8,10-11,13H2,1-4H3;8H,4-7H2,1-3H3;2*1-2H3/b21-17+;;;. The van der Waals surface area contributed by atoms with Crippen molar-refractivity contribution >= 4 is 11.6 Å². The smallest absolute Gasteiger partial charge is 0.0224 e. The van der Waals surface area contributed by atoms with Gasteiger partial charge < -0.3 is 0 Å². The highest BCUT2D eigenvalue weighted by molar-refractivity contribution is 5.81. The normalized spacial score (nSPS) is 11.4. The average Bonchev–Trinajstić information content (AvgIpc) is 2.89. The van der Waals surface area contributed by atoms with Crippen molar-refractivity contribution in [1.82, 2.24) is 0 Å². The summed E-state index contributed by atoms with van der Waals surface area (Å²) in [5, 5.41) is 0. The lowest BCUT2D eigenvalue weighted by molar-refractivity contribution is 0.469. The van der Waals surface area contributed by atoms with Crippen LogP contribution in [0.4, 0.5) is 0 Å². The lowest BCUT2D eigenvalue weighted by Gasteiger charge is -2.10. The molecule has 0 aromatic heterocycles. The van der Waals surface area contributed by atoms with Gasteiger partial charge in [-0.15, -0.1) is 0 Å². The first-order valence-electron chi connectivity index (χ1n) is 15.2. The topological polar surface area (TPSA) is 0 Å². The SMILES string of the molecule is CC.CC.CCCC(C)CCC.CCCC(C)CCCc1cccc(/C(C)=C/c2ccccc2C)c1. The molecule has 0 radical (unpaired) electrons. The quantitative estimate of drug-likeness (QED) is 0.257. The minimum atomic E-state index is 0.862. The number of aryl methyl sites for hydroxylation is 2. The van der Waals surface area contributed by atoms with Crippen LogP contribution < -0.4 is 0 Å². The van der Waals surface area contributed by atoms with Crippen LogP contribution in [0.15, 0.2) is 48.5 Å². The molecule has 0 aliphatic heterocycles. The van der Waals surface area contributed by atoms with Gasteiger partial charge in [0.2, 0.25) is 0 Å². The Morgan fingerprint density at radius 3 is 1.78 bits per heavy atom. The van der Waals surface area contributed by atoms with E-state index in [0.29, 0.717) is 0 Å². The molecule has 1 atom stereocenters. The van der Waals surface area contributed by atoms with Gasteiger partial charge in [0, 0.05) is 0 Å². The van der Waals surface area contributed by atoms with Crippen LogP contribution in [-0.4, -0.2) is 0 Å². The van der Waals surface area contributed by atoms with Gasteiger partial charge in [0.1, 0.15) is 0 Å². The second-order valence-corrected chi connectivity index (χ2v) is 9.85. The van der Waals surface area contributed by atoms with Gasteiger partial charge in [-0.05, 0) is 66.4 Å². The highest BCUT2D eigenvalue weighted by Crippen LogP contribution is 2.22. The fourth-order valence-corrected chi connectivity index (χ4v) is 4.46. The lowest BCUT2D eigenvalue weighted by atomic mass is 9.95. The molecule has 2 aromatic rings. The monoisotopic (exact) mass is 494 g/mol. The Kier molecular flexibility index (Phi) is 25.1. The van der Waals surface area contributed by atoms with E-state index in [4.69, 9.17) is 0 Å². The van der Waals surface area contributed by atoms with E-state index in [1.807, 2.05) is 27.7 Å². The summed E-state index contributed by atoms with van der Waals surface area (Å²) in [6.07, 6.45) is 14.3. The Balaban J connectivity index is 0. The Labute approximate surface area is 228 Å². The van der Waals surface area contributed by atoms with Crippen molar-refractivity contribution < 1.29 is 0 Å². The van der Waals surface area contributed by atoms with Gasteiger partial charge >= 0.3 is 0 Å². The van der Waals surface area contributed by atoms with Crippen LogP contribution in [0.3, 0.4) is 0 Å². The molecule has 0 spiro atoms. The highest BCUT2D eigenvalue weighted by atomic mass is 14.1. The minimum Gasteiger partial charge on any atom is -0.0683 e. The maximum absolute atomic E-state index is 2.38. The average molecular weight is 495 g/mol. The summed E-state index contributed by atoms with van der Waals surface area (Å²) < 4.78 is 0. The molecule has 0 N–H and O–H groups in total. The second kappa shape index (κ2) is 24.9.